The van der Waals surface area contributed by atoms with Crippen molar-refractivity contribution in [3.05, 3.63) is 0 Å². The molecule has 1 aliphatic heterocycles. The van der Waals surface area contributed by atoms with Crippen molar-refractivity contribution in [2.45, 2.75) is 38.8 Å². The van der Waals surface area contributed by atoms with Crippen LogP contribution < -0.4 is 5.32 Å². The zero-order chi connectivity index (χ0) is 10.8. The Bertz CT molecular complexity index is 210. The Hall–Kier alpha value is -0.610. The first kappa shape index (κ1) is 11.5. The number of hydrogen-bond acceptors (Lipinski definition) is 4. The molecule has 0 radical (unpaired) electrons. The van der Waals surface area contributed by atoms with Crippen molar-refractivity contribution in [2.75, 3.05) is 13.2 Å². The maximum atomic E-state index is 11.6. The van der Waals surface area contributed by atoms with Gasteiger partial charge in [-0.2, -0.15) is 0 Å². The molecule has 82 valence electrons. The number of esters is 1. The van der Waals surface area contributed by atoms with Gasteiger partial charge in [0.05, 0.1) is 0 Å². The van der Waals surface area contributed by atoms with E-state index in [0.29, 0.717) is 13.0 Å². The quantitative estimate of drug-likeness (QED) is 0.631. The van der Waals surface area contributed by atoms with Crippen LogP contribution in [0, 0.1) is 5.92 Å². The van der Waals surface area contributed by atoms with Crippen molar-refractivity contribution >= 4 is 5.97 Å². The van der Waals surface area contributed by atoms with Crippen LogP contribution in [0.1, 0.15) is 27.2 Å². The second kappa shape index (κ2) is 4.28. The number of hydrogen-bond donors (Lipinski definition) is 2. The molecule has 4 heteroatoms. The fraction of sp³-hybridized carbons (Fsp3) is 0.900. The van der Waals surface area contributed by atoms with Gasteiger partial charge < -0.3 is 15.2 Å². The average Bonchev–Trinajstić information content (AvgIpc) is 2.48. The summed E-state index contributed by atoms with van der Waals surface area (Å²) < 4.78 is 5.23. The van der Waals surface area contributed by atoms with Crippen LogP contribution in [0.25, 0.3) is 0 Å². The van der Waals surface area contributed by atoms with Gasteiger partial charge in [0.1, 0.15) is 11.6 Å². The van der Waals surface area contributed by atoms with Crippen molar-refractivity contribution in [1.29, 1.82) is 0 Å². The van der Waals surface area contributed by atoms with Crippen molar-refractivity contribution in [2.24, 2.45) is 5.92 Å². The summed E-state index contributed by atoms with van der Waals surface area (Å²) in [5.74, 6) is -0.0269. The number of nitrogens with one attached hydrogen (secondary N) is 1. The largest absolute Gasteiger partial charge is 0.459 e. The van der Waals surface area contributed by atoms with Crippen molar-refractivity contribution in [1.82, 2.24) is 5.32 Å². The summed E-state index contributed by atoms with van der Waals surface area (Å²) in [5, 5.41) is 12.0. The number of aliphatic hydroxyl groups is 1. The molecular formula is C10H19NO3. The fourth-order valence-electron chi connectivity index (χ4n) is 1.50. The first-order valence-electron chi connectivity index (χ1n) is 4.99. The Morgan fingerprint density at radius 1 is 1.57 bits per heavy atom. The van der Waals surface area contributed by atoms with E-state index in [2.05, 4.69) is 5.32 Å². The van der Waals surface area contributed by atoms with Crippen molar-refractivity contribution in [3.8, 4) is 0 Å². The lowest BCUT2D eigenvalue weighted by atomic mass is 10.1. The molecule has 0 aromatic heterocycles. The van der Waals surface area contributed by atoms with Crippen LogP contribution in [-0.2, 0) is 9.53 Å². The number of carbonyl (C=O) groups excluding carboxylic acids is 1. The predicted molar refractivity (Wildman–Crippen MR) is 52.8 cm³/mol. The molecule has 1 aliphatic rings. The zero-order valence-corrected chi connectivity index (χ0v) is 9.04. The summed E-state index contributed by atoms with van der Waals surface area (Å²) in [7, 11) is 0. The van der Waals surface area contributed by atoms with Gasteiger partial charge >= 0.3 is 5.97 Å². The van der Waals surface area contributed by atoms with Gasteiger partial charge in [0.25, 0.3) is 0 Å². The molecule has 1 fully saturated rings. The highest BCUT2D eigenvalue weighted by atomic mass is 16.6. The zero-order valence-electron chi connectivity index (χ0n) is 9.04. The van der Waals surface area contributed by atoms with Crippen LogP contribution in [0.2, 0.25) is 0 Å². The lowest BCUT2D eigenvalue weighted by molar-refractivity contribution is -0.157. The maximum absolute atomic E-state index is 11.6. The third-order valence-corrected chi connectivity index (χ3v) is 2.17. The normalized spacial score (nSPS) is 27.7. The number of aliphatic hydroxyl groups excluding tert-OH is 1. The molecule has 0 unspecified atom stereocenters. The Labute approximate surface area is 84.6 Å². The number of rotatable bonds is 2. The molecule has 0 saturated carbocycles. The summed E-state index contributed by atoms with van der Waals surface area (Å²) >= 11 is 0. The Kier molecular flexibility index (Phi) is 3.50. The molecule has 1 rings (SSSR count). The first-order chi connectivity index (χ1) is 6.42. The molecule has 2 atom stereocenters. The molecule has 1 saturated heterocycles. The van der Waals surface area contributed by atoms with E-state index in [1.807, 2.05) is 20.8 Å². The van der Waals surface area contributed by atoms with Gasteiger partial charge in [0.2, 0.25) is 0 Å². The van der Waals surface area contributed by atoms with Crippen LogP contribution in [0.3, 0.4) is 0 Å². The predicted octanol–water partition coefficient (Wildman–Crippen LogP) is 0.299. The first-order valence-corrected chi connectivity index (χ1v) is 4.99. The van der Waals surface area contributed by atoms with E-state index >= 15 is 0 Å². The van der Waals surface area contributed by atoms with Gasteiger partial charge in [-0.25, -0.2) is 0 Å². The van der Waals surface area contributed by atoms with Crippen molar-refractivity contribution < 1.29 is 14.6 Å². The van der Waals surface area contributed by atoms with Crippen LogP contribution in [0.4, 0.5) is 0 Å². The van der Waals surface area contributed by atoms with E-state index in [1.54, 1.807) is 0 Å². The minimum absolute atomic E-state index is 0.131. The summed E-state index contributed by atoms with van der Waals surface area (Å²) in [4.78, 5) is 11.6. The Balaban J connectivity index is 2.40. The molecule has 0 aliphatic carbocycles. The highest BCUT2D eigenvalue weighted by molar-refractivity contribution is 5.76. The summed E-state index contributed by atoms with van der Waals surface area (Å²) in [6.45, 7) is 6.38. The van der Waals surface area contributed by atoms with Gasteiger partial charge in [0, 0.05) is 13.2 Å². The summed E-state index contributed by atoms with van der Waals surface area (Å²) in [6.07, 6.45) is 0.672. The molecule has 0 aromatic rings. The third kappa shape index (κ3) is 3.27. The van der Waals surface area contributed by atoms with Crippen LogP contribution in [0.5, 0.6) is 0 Å². The maximum Gasteiger partial charge on any atom is 0.323 e. The van der Waals surface area contributed by atoms with E-state index in [4.69, 9.17) is 9.84 Å². The van der Waals surface area contributed by atoms with Crippen molar-refractivity contribution in [3.63, 3.8) is 0 Å². The molecule has 0 bridgehead atoms. The van der Waals surface area contributed by atoms with Crippen LogP contribution in [-0.4, -0.2) is 35.9 Å². The minimum atomic E-state index is -0.434. The molecule has 1 heterocycles. The lowest BCUT2D eigenvalue weighted by Gasteiger charge is -2.22. The van der Waals surface area contributed by atoms with E-state index in [1.165, 1.54) is 0 Å². The van der Waals surface area contributed by atoms with Gasteiger partial charge in [-0.05, 0) is 33.1 Å². The number of carbonyl (C=O) groups is 1. The van der Waals surface area contributed by atoms with E-state index in [-0.39, 0.29) is 24.5 Å². The smallest absolute Gasteiger partial charge is 0.323 e. The topological polar surface area (TPSA) is 58.6 Å². The molecular weight excluding hydrogens is 182 g/mol. The summed E-state index contributed by atoms with van der Waals surface area (Å²) in [6, 6.07) is -0.244. The third-order valence-electron chi connectivity index (χ3n) is 2.17. The highest BCUT2D eigenvalue weighted by Gasteiger charge is 2.32. The number of ether oxygens (including phenoxy) is 1. The van der Waals surface area contributed by atoms with Crippen LogP contribution >= 0.6 is 0 Å². The van der Waals surface area contributed by atoms with E-state index in [0.717, 1.165) is 0 Å². The Morgan fingerprint density at radius 3 is 2.64 bits per heavy atom. The average molecular weight is 201 g/mol. The van der Waals surface area contributed by atoms with Crippen LogP contribution in [0.15, 0.2) is 0 Å². The molecule has 0 spiro atoms. The van der Waals surface area contributed by atoms with E-state index in [9.17, 15) is 4.79 Å². The fourth-order valence-corrected chi connectivity index (χ4v) is 1.50. The van der Waals surface area contributed by atoms with Gasteiger partial charge in [-0.15, -0.1) is 0 Å². The second-order valence-electron chi connectivity index (χ2n) is 4.78. The Morgan fingerprint density at radius 2 is 2.21 bits per heavy atom. The summed E-state index contributed by atoms with van der Waals surface area (Å²) in [5.41, 5.74) is -0.434. The monoisotopic (exact) mass is 201 g/mol. The minimum Gasteiger partial charge on any atom is -0.459 e. The highest BCUT2D eigenvalue weighted by Crippen LogP contribution is 2.17. The molecule has 0 aromatic carbocycles. The molecule has 14 heavy (non-hydrogen) atoms. The van der Waals surface area contributed by atoms with Gasteiger partial charge in [0.15, 0.2) is 0 Å². The second-order valence-corrected chi connectivity index (χ2v) is 4.78. The molecule has 0 amide bonds. The molecule has 2 N–H and O–H groups in total. The van der Waals surface area contributed by atoms with E-state index < -0.39 is 5.60 Å². The molecule has 4 nitrogen and oxygen atoms in total. The SMILES string of the molecule is CC(C)(C)OC(=O)[C@@H]1C[C@@H](CO)CN1. The van der Waals surface area contributed by atoms with Gasteiger partial charge in [-0.1, -0.05) is 0 Å². The standard InChI is InChI=1S/C10H19NO3/c1-10(2,3)14-9(13)8-4-7(6-12)5-11-8/h7-8,11-12H,4-6H2,1-3H3/t7-,8+/m1/s1. The lowest BCUT2D eigenvalue weighted by Crippen LogP contribution is -2.37. The van der Waals surface area contributed by atoms with Gasteiger partial charge in [-0.3, -0.25) is 4.79 Å².